The lowest BCUT2D eigenvalue weighted by Crippen LogP contribution is -2.24. The van der Waals surface area contributed by atoms with Crippen LogP contribution in [0.5, 0.6) is 0 Å². The third-order valence-corrected chi connectivity index (χ3v) is 6.73. The molecule has 0 spiro atoms. The monoisotopic (exact) mass is 310 g/mol. The van der Waals surface area contributed by atoms with E-state index in [4.69, 9.17) is 0 Å². The molecule has 20 heavy (non-hydrogen) atoms. The summed E-state index contributed by atoms with van der Waals surface area (Å²) < 4.78 is 0.989. The maximum Gasteiger partial charge on any atom is 0.263 e. The summed E-state index contributed by atoms with van der Waals surface area (Å²) in [6, 6.07) is 0. The average Bonchev–Trinajstić information content (AvgIpc) is 2.81. The van der Waals surface area contributed by atoms with Crippen LogP contribution in [0, 0.1) is 11.3 Å². The molecule has 0 bridgehead atoms. The Labute approximate surface area is 128 Å². The molecule has 0 aliphatic heterocycles. The van der Waals surface area contributed by atoms with Gasteiger partial charge >= 0.3 is 0 Å². The summed E-state index contributed by atoms with van der Waals surface area (Å²) >= 11 is 3.19. The van der Waals surface area contributed by atoms with Gasteiger partial charge in [0.1, 0.15) is 4.88 Å². The summed E-state index contributed by atoms with van der Waals surface area (Å²) in [6.45, 7) is 2.90. The molecule has 3 rings (SSSR count). The first-order chi connectivity index (χ1) is 9.73. The average molecular weight is 310 g/mol. The third kappa shape index (κ3) is 3.03. The fourth-order valence-corrected chi connectivity index (χ4v) is 5.36. The second-order valence-corrected chi connectivity index (χ2v) is 8.48. The van der Waals surface area contributed by atoms with Crippen molar-refractivity contribution >= 4 is 29.0 Å². The first-order valence-electron chi connectivity index (χ1n) is 7.60. The van der Waals surface area contributed by atoms with Crippen molar-refractivity contribution < 1.29 is 4.79 Å². The number of carbonyl (C=O) groups is 1. The van der Waals surface area contributed by atoms with Gasteiger partial charge in [-0.3, -0.25) is 4.79 Å². The molecule has 0 radical (unpaired) electrons. The molecule has 1 aromatic heterocycles. The number of hydrogen-bond acceptors (Lipinski definition) is 4. The highest BCUT2D eigenvalue weighted by Crippen LogP contribution is 2.65. The Balaban J connectivity index is 1.38. The van der Waals surface area contributed by atoms with E-state index in [9.17, 15) is 4.79 Å². The lowest BCUT2D eigenvalue weighted by atomic mass is 9.97. The zero-order chi connectivity index (χ0) is 14.0. The van der Waals surface area contributed by atoms with Gasteiger partial charge in [-0.15, -0.1) is 11.3 Å². The van der Waals surface area contributed by atoms with E-state index < -0.39 is 0 Å². The van der Waals surface area contributed by atoms with Crippen molar-refractivity contribution in [1.29, 1.82) is 0 Å². The minimum atomic E-state index is 0.0433. The Hall–Kier alpha value is -0.550. The predicted octanol–water partition coefficient (Wildman–Crippen LogP) is 3.96. The van der Waals surface area contributed by atoms with Crippen LogP contribution in [-0.2, 0) is 0 Å². The SMILES string of the molecule is CCSc1ncc(C(=O)NCCCC23CCCC2C3)s1. The molecule has 3 nitrogen and oxygen atoms in total. The van der Waals surface area contributed by atoms with Crippen molar-refractivity contribution in [2.75, 3.05) is 12.3 Å². The summed E-state index contributed by atoms with van der Waals surface area (Å²) in [5.41, 5.74) is 0.695. The van der Waals surface area contributed by atoms with Crippen LogP contribution in [0.25, 0.3) is 0 Å². The van der Waals surface area contributed by atoms with Gasteiger partial charge in [0.15, 0.2) is 4.34 Å². The van der Waals surface area contributed by atoms with E-state index in [1.165, 1.54) is 43.4 Å². The first-order valence-corrected chi connectivity index (χ1v) is 9.40. The van der Waals surface area contributed by atoms with Crippen molar-refractivity contribution in [2.45, 2.75) is 49.8 Å². The Morgan fingerprint density at radius 2 is 2.55 bits per heavy atom. The highest BCUT2D eigenvalue weighted by molar-refractivity contribution is 8.01. The molecule has 0 aromatic carbocycles. The number of nitrogens with one attached hydrogen (secondary N) is 1. The molecule has 5 heteroatoms. The minimum absolute atomic E-state index is 0.0433. The van der Waals surface area contributed by atoms with Crippen molar-refractivity contribution in [3.8, 4) is 0 Å². The van der Waals surface area contributed by atoms with Gasteiger partial charge in [-0.1, -0.05) is 25.1 Å². The molecule has 2 unspecified atom stereocenters. The van der Waals surface area contributed by atoms with E-state index in [0.29, 0.717) is 5.41 Å². The normalized spacial score (nSPS) is 27.4. The highest BCUT2D eigenvalue weighted by atomic mass is 32.2. The van der Waals surface area contributed by atoms with Crippen molar-refractivity contribution in [3.05, 3.63) is 11.1 Å². The molecular formula is C15H22N2OS2. The maximum absolute atomic E-state index is 12.0. The molecule has 0 saturated heterocycles. The first kappa shape index (κ1) is 14.4. The molecule has 1 aromatic rings. The largest absolute Gasteiger partial charge is 0.351 e. The van der Waals surface area contributed by atoms with Gasteiger partial charge in [0, 0.05) is 6.54 Å². The van der Waals surface area contributed by atoms with E-state index in [1.807, 2.05) is 0 Å². The summed E-state index contributed by atoms with van der Waals surface area (Å²) in [5, 5.41) is 3.04. The highest BCUT2D eigenvalue weighted by Gasteiger charge is 2.55. The molecule has 1 amide bonds. The molecular weight excluding hydrogens is 288 g/mol. The number of aromatic nitrogens is 1. The summed E-state index contributed by atoms with van der Waals surface area (Å²) in [7, 11) is 0. The Morgan fingerprint density at radius 1 is 1.65 bits per heavy atom. The maximum atomic E-state index is 12.0. The Morgan fingerprint density at radius 3 is 3.25 bits per heavy atom. The molecule has 2 saturated carbocycles. The van der Waals surface area contributed by atoms with Gasteiger partial charge in [-0.2, -0.15) is 0 Å². The van der Waals surface area contributed by atoms with Crippen molar-refractivity contribution in [2.24, 2.45) is 11.3 Å². The Bertz CT molecular complexity index is 488. The van der Waals surface area contributed by atoms with Crippen molar-refractivity contribution in [3.63, 3.8) is 0 Å². The van der Waals surface area contributed by atoms with Gasteiger partial charge in [-0.05, 0) is 49.2 Å². The Kier molecular flexibility index (Phi) is 4.36. The second kappa shape index (κ2) is 6.06. The van der Waals surface area contributed by atoms with E-state index in [2.05, 4.69) is 17.2 Å². The van der Waals surface area contributed by atoms with Gasteiger partial charge in [-0.25, -0.2) is 4.98 Å². The number of rotatable bonds is 7. The lowest BCUT2D eigenvalue weighted by molar-refractivity contribution is 0.0956. The smallest absolute Gasteiger partial charge is 0.263 e. The van der Waals surface area contributed by atoms with Gasteiger partial charge < -0.3 is 5.32 Å². The topological polar surface area (TPSA) is 42.0 Å². The van der Waals surface area contributed by atoms with Gasteiger partial charge in [0.25, 0.3) is 5.91 Å². The number of amides is 1. The fourth-order valence-electron chi connectivity index (χ4n) is 3.56. The van der Waals surface area contributed by atoms with Crippen LogP contribution in [0.1, 0.15) is 55.1 Å². The molecule has 2 aliphatic rings. The molecule has 2 atom stereocenters. The van der Waals surface area contributed by atoms with Gasteiger partial charge in [0.05, 0.1) is 6.20 Å². The zero-order valence-electron chi connectivity index (χ0n) is 12.0. The van der Waals surface area contributed by atoms with Crippen LogP contribution < -0.4 is 5.32 Å². The van der Waals surface area contributed by atoms with E-state index in [0.717, 1.165) is 33.9 Å². The predicted molar refractivity (Wildman–Crippen MR) is 84.5 cm³/mol. The fraction of sp³-hybridized carbons (Fsp3) is 0.733. The molecule has 110 valence electrons. The molecule has 1 heterocycles. The van der Waals surface area contributed by atoms with Gasteiger partial charge in [0.2, 0.25) is 0 Å². The van der Waals surface area contributed by atoms with E-state index in [1.54, 1.807) is 18.0 Å². The summed E-state index contributed by atoms with van der Waals surface area (Å²) in [6.07, 6.45) is 9.88. The van der Waals surface area contributed by atoms with Crippen LogP contribution in [0.2, 0.25) is 0 Å². The number of nitrogens with zero attached hydrogens (tertiary/aromatic N) is 1. The number of thioether (sulfide) groups is 1. The van der Waals surface area contributed by atoms with Crippen LogP contribution in [0.3, 0.4) is 0 Å². The van der Waals surface area contributed by atoms with Crippen LogP contribution in [0.15, 0.2) is 10.5 Å². The number of thiazole rings is 1. The van der Waals surface area contributed by atoms with Crippen LogP contribution in [0.4, 0.5) is 0 Å². The standard InChI is InChI=1S/C15H22N2OS2/c1-2-19-14-17-10-12(20-14)13(18)16-8-4-7-15-6-3-5-11(15)9-15/h10-11H,2-9H2,1H3,(H,16,18). The number of carbonyl (C=O) groups excluding carboxylic acids is 1. The van der Waals surface area contributed by atoms with E-state index >= 15 is 0 Å². The summed E-state index contributed by atoms with van der Waals surface area (Å²) in [5.74, 6) is 2.06. The van der Waals surface area contributed by atoms with E-state index in [-0.39, 0.29) is 5.91 Å². The van der Waals surface area contributed by atoms with Crippen LogP contribution >= 0.6 is 23.1 Å². The minimum Gasteiger partial charge on any atom is -0.351 e. The molecule has 1 N–H and O–H groups in total. The zero-order valence-corrected chi connectivity index (χ0v) is 13.6. The third-order valence-electron chi connectivity index (χ3n) is 4.70. The molecule has 2 aliphatic carbocycles. The van der Waals surface area contributed by atoms with Crippen molar-refractivity contribution in [1.82, 2.24) is 10.3 Å². The van der Waals surface area contributed by atoms with Crippen LogP contribution in [-0.4, -0.2) is 23.2 Å². The second-order valence-electron chi connectivity index (χ2n) is 5.94. The number of hydrogen-bond donors (Lipinski definition) is 1. The quantitative estimate of drug-likeness (QED) is 0.612. The molecule has 2 fully saturated rings. The number of fused-ring (bicyclic) bond motifs is 1. The lowest BCUT2D eigenvalue weighted by Gasteiger charge is -2.11. The summed E-state index contributed by atoms with van der Waals surface area (Å²) in [4.78, 5) is 17.0.